The smallest absolute Gasteiger partial charge is 0.128 e. The molecular formula is C22H16Cl2F2OS. The summed E-state index contributed by atoms with van der Waals surface area (Å²) in [6.07, 6.45) is 5.01. The first kappa shape index (κ1) is 20.9. The number of allylic oxidation sites excluding steroid dienone is 4. The Bertz CT molecular complexity index is 994. The molecule has 144 valence electrons. The van der Waals surface area contributed by atoms with Gasteiger partial charge in [-0.2, -0.15) is 0 Å². The number of aliphatic hydroxyl groups excluding tert-OH is 1. The lowest BCUT2D eigenvalue weighted by atomic mass is 10.0. The molecule has 0 fully saturated rings. The quantitative estimate of drug-likeness (QED) is 0.509. The molecule has 1 unspecified atom stereocenters. The average Bonchev–Trinajstić information content (AvgIpc) is 2.82. The standard InChI is InChI=1S/C22H16Cl2F2OS/c1-13-2-8-20(24)18(10-14(13)12-27)22(19-11-16(25)5-9-21(19)26)28-17-6-3-15(23)4-7-17/h2-11,22,27H,1,12H2. The van der Waals surface area contributed by atoms with Crippen molar-refractivity contribution in [3.8, 4) is 0 Å². The Balaban J connectivity index is 2.16. The highest BCUT2D eigenvalue weighted by Gasteiger charge is 2.25. The number of benzene rings is 2. The lowest BCUT2D eigenvalue weighted by molar-refractivity contribution is 0.334. The van der Waals surface area contributed by atoms with Gasteiger partial charge in [-0.1, -0.05) is 35.9 Å². The maximum Gasteiger partial charge on any atom is 0.128 e. The SMILES string of the molecule is C=C1C=CC(Cl)=C(C(Sc2ccc(Cl)cc2)c2cc(F)ccc2F)C=C1CO. The Morgan fingerprint density at radius 3 is 2.43 bits per heavy atom. The molecule has 1 N–H and O–H groups in total. The van der Waals surface area contributed by atoms with Crippen LogP contribution >= 0.6 is 35.0 Å². The fourth-order valence-electron chi connectivity index (χ4n) is 2.73. The highest BCUT2D eigenvalue weighted by molar-refractivity contribution is 7.99. The zero-order chi connectivity index (χ0) is 20.3. The predicted molar refractivity (Wildman–Crippen MR) is 113 cm³/mol. The third-order valence-corrected chi connectivity index (χ3v) is 6.09. The molecule has 3 rings (SSSR count). The summed E-state index contributed by atoms with van der Waals surface area (Å²) in [7, 11) is 0. The van der Waals surface area contributed by atoms with Crippen LogP contribution in [0.25, 0.3) is 0 Å². The summed E-state index contributed by atoms with van der Waals surface area (Å²) in [4.78, 5) is 0.807. The molecule has 0 aromatic heterocycles. The van der Waals surface area contributed by atoms with Crippen molar-refractivity contribution in [1.82, 2.24) is 0 Å². The predicted octanol–water partition coefficient (Wildman–Crippen LogP) is 6.99. The molecule has 0 heterocycles. The normalized spacial score (nSPS) is 15.5. The molecule has 6 heteroatoms. The van der Waals surface area contributed by atoms with Crippen LogP contribution in [0.1, 0.15) is 10.8 Å². The Kier molecular flexibility index (Phi) is 6.78. The van der Waals surface area contributed by atoms with Gasteiger partial charge >= 0.3 is 0 Å². The zero-order valence-electron chi connectivity index (χ0n) is 14.6. The molecule has 1 nitrogen and oxygen atoms in total. The molecule has 2 aromatic carbocycles. The molecule has 2 aromatic rings. The summed E-state index contributed by atoms with van der Waals surface area (Å²) in [5.41, 5.74) is 1.86. The summed E-state index contributed by atoms with van der Waals surface area (Å²) >= 11 is 13.7. The van der Waals surface area contributed by atoms with Crippen LogP contribution in [0, 0.1) is 11.6 Å². The van der Waals surface area contributed by atoms with E-state index in [-0.39, 0.29) is 12.2 Å². The van der Waals surface area contributed by atoms with Crippen LogP contribution in [0.2, 0.25) is 5.02 Å². The van der Waals surface area contributed by atoms with Gasteiger partial charge in [0.15, 0.2) is 0 Å². The lowest BCUT2D eigenvalue weighted by Gasteiger charge is -2.21. The molecule has 1 aliphatic rings. The van der Waals surface area contributed by atoms with Gasteiger partial charge in [0.2, 0.25) is 0 Å². The molecule has 0 amide bonds. The number of halogens is 4. The van der Waals surface area contributed by atoms with Gasteiger partial charge in [-0.05, 0) is 71.3 Å². The van der Waals surface area contributed by atoms with Crippen LogP contribution < -0.4 is 0 Å². The van der Waals surface area contributed by atoms with Gasteiger partial charge in [0.05, 0.1) is 11.9 Å². The molecular weight excluding hydrogens is 421 g/mol. The maximum absolute atomic E-state index is 14.7. The van der Waals surface area contributed by atoms with Gasteiger partial charge in [-0.3, -0.25) is 0 Å². The minimum absolute atomic E-state index is 0.155. The summed E-state index contributed by atoms with van der Waals surface area (Å²) in [6, 6.07) is 10.4. The van der Waals surface area contributed by atoms with E-state index in [0.717, 1.165) is 23.1 Å². The van der Waals surface area contributed by atoms with E-state index in [1.807, 2.05) is 0 Å². The van der Waals surface area contributed by atoms with Crippen molar-refractivity contribution < 1.29 is 13.9 Å². The monoisotopic (exact) mass is 436 g/mol. The third kappa shape index (κ3) is 4.76. The molecule has 0 saturated carbocycles. The van der Waals surface area contributed by atoms with Crippen LogP contribution in [0.5, 0.6) is 0 Å². The third-order valence-electron chi connectivity index (χ3n) is 4.21. The van der Waals surface area contributed by atoms with E-state index < -0.39 is 16.9 Å². The molecule has 0 aliphatic heterocycles. The first-order chi connectivity index (χ1) is 13.4. The van der Waals surface area contributed by atoms with Crippen molar-refractivity contribution in [2.24, 2.45) is 0 Å². The van der Waals surface area contributed by atoms with Gasteiger partial charge in [-0.15, -0.1) is 11.8 Å². The van der Waals surface area contributed by atoms with Crippen LogP contribution in [-0.2, 0) is 0 Å². The second-order valence-electron chi connectivity index (χ2n) is 6.11. The van der Waals surface area contributed by atoms with E-state index in [4.69, 9.17) is 23.2 Å². The van der Waals surface area contributed by atoms with E-state index in [0.29, 0.717) is 26.8 Å². The first-order valence-corrected chi connectivity index (χ1v) is 9.98. The van der Waals surface area contributed by atoms with Gasteiger partial charge in [0, 0.05) is 20.5 Å². The van der Waals surface area contributed by atoms with Crippen molar-refractivity contribution in [3.05, 3.63) is 111 Å². The van der Waals surface area contributed by atoms with Gasteiger partial charge in [0.1, 0.15) is 11.6 Å². The summed E-state index contributed by atoms with van der Waals surface area (Å²) < 4.78 is 28.6. The Morgan fingerprint density at radius 1 is 1.04 bits per heavy atom. The lowest BCUT2D eigenvalue weighted by Crippen LogP contribution is -2.04. The second-order valence-corrected chi connectivity index (χ2v) is 8.13. The van der Waals surface area contributed by atoms with Crippen molar-refractivity contribution in [2.75, 3.05) is 6.61 Å². The Labute approximate surface area is 176 Å². The van der Waals surface area contributed by atoms with E-state index in [1.165, 1.54) is 11.8 Å². The topological polar surface area (TPSA) is 20.2 Å². The summed E-state index contributed by atoms with van der Waals surface area (Å²) in [5.74, 6) is -1.09. The van der Waals surface area contributed by atoms with Crippen molar-refractivity contribution in [3.63, 3.8) is 0 Å². The van der Waals surface area contributed by atoms with Crippen LogP contribution in [0.15, 0.2) is 93.9 Å². The largest absolute Gasteiger partial charge is 0.392 e. The highest BCUT2D eigenvalue weighted by Crippen LogP contribution is 2.45. The number of aliphatic hydroxyl groups is 1. The van der Waals surface area contributed by atoms with Crippen LogP contribution in [0.4, 0.5) is 8.78 Å². The molecule has 0 saturated heterocycles. The minimum atomic E-state index is -0.651. The van der Waals surface area contributed by atoms with Gasteiger partial charge in [0.25, 0.3) is 0 Å². The molecule has 0 bridgehead atoms. The fourth-order valence-corrected chi connectivity index (χ4v) is 4.35. The minimum Gasteiger partial charge on any atom is -0.392 e. The fraction of sp³-hybridized carbons (Fsp3) is 0.0909. The van der Waals surface area contributed by atoms with Crippen molar-refractivity contribution in [1.29, 1.82) is 0 Å². The van der Waals surface area contributed by atoms with Gasteiger partial charge < -0.3 is 5.11 Å². The van der Waals surface area contributed by atoms with Crippen molar-refractivity contribution in [2.45, 2.75) is 10.1 Å². The first-order valence-electron chi connectivity index (χ1n) is 8.34. The van der Waals surface area contributed by atoms with E-state index in [2.05, 4.69) is 6.58 Å². The number of hydrogen-bond donors (Lipinski definition) is 1. The molecule has 28 heavy (non-hydrogen) atoms. The Hall–Kier alpha value is -1.85. The van der Waals surface area contributed by atoms with Gasteiger partial charge in [-0.25, -0.2) is 8.78 Å². The van der Waals surface area contributed by atoms with E-state index >= 15 is 0 Å². The number of thioether (sulfide) groups is 1. The van der Waals surface area contributed by atoms with Crippen molar-refractivity contribution >= 4 is 35.0 Å². The van der Waals surface area contributed by atoms with Crippen LogP contribution in [-0.4, -0.2) is 11.7 Å². The molecule has 0 radical (unpaired) electrons. The number of hydrogen-bond acceptors (Lipinski definition) is 2. The second kappa shape index (κ2) is 9.10. The number of rotatable bonds is 5. The van der Waals surface area contributed by atoms with E-state index in [1.54, 1.807) is 42.5 Å². The average molecular weight is 437 g/mol. The zero-order valence-corrected chi connectivity index (χ0v) is 17.0. The summed E-state index contributed by atoms with van der Waals surface area (Å²) in [5, 5.41) is 9.96. The highest BCUT2D eigenvalue weighted by atomic mass is 35.5. The molecule has 0 spiro atoms. The maximum atomic E-state index is 14.7. The molecule has 1 aliphatic carbocycles. The van der Waals surface area contributed by atoms with E-state index in [9.17, 15) is 13.9 Å². The molecule has 1 atom stereocenters. The Morgan fingerprint density at radius 2 is 1.75 bits per heavy atom. The summed E-state index contributed by atoms with van der Waals surface area (Å²) in [6.45, 7) is 3.65. The van der Waals surface area contributed by atoms with Crippen LogP contribution in [0.3, 0.4) is 0 Å².